The van der Waals surface area contributed by atoms with Crippen molar-refractivity contribution in [3.8, 4) is 5.88 Å². The summed E-state index contributed by atoms with van der Waals surface area (Å²) in [5, 5.41) is 12.6. The van der Waals surface area contributed by atoms with E-state index < -0.39 is 0 Å². The number of carbonyl (C=O) groups is 1. The second-order valence-electron chi connectivity index (χ2n) is 5.38. The number of fused-ring (bicyclic) bond motifs is 1. The van der Waals surface area contributed by atoms with Crippen molar-refractivity contribution in [1.82, 2.24) is 15.2 Å². The van der Waals surface area contributed by atoms with Gasteiger partial charge < -0.3 is 20.1 Å². The van der Waals surface area contributed by atoms with Crippen LogP contribution in [0.2, 0.25) is 0 Å². The van der Waals surface area contributed by atoms with Crippen LogP contribution < -0.4 is 10.1 Å². The fraction of sp³-hybridized carbons (Fsp3) is 0.444. The molecule has 0 aliphatic heterocycles. The number of ether oxygens (including phenoxy) is 1. The molecule has 1 amide bonds. The smallest absolute Gasteiger partial charge is 0.252 e. The van der Waals surface area contributed by atoms with Crippen LogP contribution >= 0.6 is 0 Å². The molecule has 1 heterocycles. The molecule has 0 unspecified atom stereocenters. The number of nitrogens with one attached hydrogen (secondary N) is 1. The first-order valence-electron chi connectivity index (χ1n) is 8.33. The predicted molar refractivity (Wildman–Crippen MR) is 94.4 cm³/mol. The minimum atomic E-state index is -0.144. The average molecular weight is 331 g/mol. The van der Waals surface area contributed by atoms with E-state index in [1.54, 1.807) is 6.07 Å². The van der Waals surface area contributed by atoms with Gasteiger partial charge in [0.15, 0.2) is 0 Å². The van der Waals surface area contributed by atoms with Gasteiger partial charge in [-0.3, -0.25) is 4.79 Å². The molecule has 0 aliphatic rings. The molecule has 6 heteroatoms. The summed E-state index contributed by atoms with van der Waals surface area (Å²) in [7, 11) is 0. The van der Waals surface area contributed by atoms with E-state index in [-0.39, 0.29) is 19.1 Å². The van der Waals surface area contributed by atoms with Crippen LogP contribution in [0.3, 0.4) is 0 Å². The zero-order chi connectivity index (χ0) is 17.4. The second-order valence-corrected chi connectivity index (χ2v) is 5.38. The lowest BCUT2D eigenvalue weighted by atomic mass is 10.1. The summed E-state index contributed by atoms with van der Waals surface area (Å²) < 4.78 is 5.38. The molecule has 6 nitrogen and oxygen atoms in total. The first-order chi connectivity index (χ1) is 11.7. The molecule has 24 heavy (non-hydrogen) atoms. The maximum absolute atomic E-state index is 12.6. The summed E-state index contributed by atoms with van der Waals surface area (Å²) in [5.41, 5.74) is 1.23. The van der Waals surface area contributed by atoms with E-state index in [4.69, 9.17) is 9.84 Å². The number of hydrogen-bond acceptors (Lipinski definition) is 5. The number of hydrogen-bond donors (Lipinski definition) is 2. The Morgan fingerprint density at radius 2 is 2.04 bits per heavy atom. The van der Waals surface area contributed by atoms with Gasteiger partial charge in [0.25, 0.3) is 5.91 Å². The Morgan fingerprint density at radius 1 is 1.29 bits per heavy atom. The van der Waals surface area contributed by atoms with E-state index in [9.17, 15) is 4.79 Å². The van der Waals surface area contributed by atoms with Gasteiger partial charge in [0.05, 0.1) is 17.7 Å². The van der Waals surface area contributed by atoms with E-state index in [2.05, 4.69) is 29.0 Å². The SMILES string of the molecule is CCN(CC)CCNC(=O)c1cc(OCCO)nc2ccccc12. The Kier molecular flexibility index (Phi) is 6.96. The van der Waals surface area contributed by atoms with E-state index in [1.807, 2.05) is 24.3 Å². The summed E-state index contributed by atoms with van der Waals surface area (Å²) in [6, 6.07) is 9.09. The monoisotopic (exact) mass is 331 g/mol. The highest BCUT2D eigenvalue weighted by Gasteiger charge is 2.13. The molecular formula is C18H25N3O3. The van der Waals surface area contributed by atoms with Gasteiger partial charge in [0, 0.05) is 24.5 Å². The molecule has 0 radical (unpaired) electrons. The Labute approximate surface area is 142 Å². The molecule has 0 atom stereocenters. The van der Waals surface area contributed by atoms with E-state index in [1.165, 1.54) is 0 Å². The fourth-order valence-corrected chi connectivity index (χ4v) is 2.53. The van der Waals surface area contributed by atoms with Crippen molar-refractivity contribution in [2.24, 2.45) is 0 Å². The molecule has 1 aromatic heterocycles. The van der Waals surface area contributed by atoms with Gasteiger partial charge >= 0.3 is 0 Å². The van der Waals surface area contributed by atoms with Crippen molar-refractivity contribution in [3.05, 3.63) is 35.9 Å². The number of carbonyl (C=O) groups excluding carboxylic acids is 1. The fourth-order valence-electron chi connectivity index (χ4n) is 2.53. The van der Waals surface area contributed by atoms with E-state index in [0.29, 0.717) is 23.5 Å². The highest BCUT2D eigenvalue weighted by molar-refractivity contribution is 6.06. The molecule has 0 aliphatic carbocycles. The number of pyridine rings is 1. The van der Waals surface area contributed by atoms with Gasteiger partial charge in [-0.2, -0.15) is 0 Å². The van der Waals surface area contributed by atoms with Crippen LogP contribution in [-0.2, 0) is 0 Å². The average Bonchev–Trinajstić information content (AvgIpc) is 2.62. The Bertz CT molecular complexity index is 672. The molecule has 130 valence electrons. The second kappa shape index (κ2) is 9.20. The molecule has 2 aromatic rings. The number of amides is 1. The molecule has 0 saturated heterocycles. The maximum atomic E-state index is 12.6. The van der Waals surface area contributed by atoms with Crippen LogP contribution in [0.25, 0.3) is 10.9 Å². The van der Waals surface area contributed by atoms with E-state index in [0.717, 1.165) is 25.0 Å². The summed E-state index contributed by atoms with van der Waals surface area (Å²) in [4.78, 5) is 19.2. The predicted octanol–water partition coefficient (Wildman–Crippen LogP) is 1.68. The number of rotatable bonds is 9. The number of nitrogens with zero attached hydrogens (tertiary/aromatic N) is 2. The summed E-state index contributed by atoms with van der Waals surface area (Å²) in [6.07, 6.45) is 0. The lowest BCUT2D eigenvalue weighted by molar-refractivity contribution is 0.0950. The first-order valence-corrected chi connectivity index (χ1v) is 8.33. The number of para-hydroxylation sites is 1. The molecule has 1 aromatic carbocycles. The highest BCUT2D eigenvalue weighted by atomic mass is 16.5. The largest absolute Gasteiger partial charge is 0.475 e. The van der Waals surface area contributed by atoms with Crippen LogP contribution in [-0.4, -0.2) is 60.3 Å². The first kappa shape index (κ1) is 18.2. The lowest BCUT2D eigenvalue weighted by Gasteiger charge is -2.18. The number of benzene rings is 1. The minimum Gasteiger partial charge on any atom is -0.475 e. The van der Waals surface area contributed by atoms with Crippen molar-refractivity contribution in [3.63, 3.8) is 0 Å². The number of aliphatic hydroxyl groups excluding tert-OH is 1. The third-order valence-electron chi connectivity index (χ3n) is 3.89. The third-order valence-corrected chi connectivity index (χ3v) is 3.89. The van der Waals surface area contributed by atoms with Gasteiger partial charge in [-0.1, -0.05) is 32.0 Å². The van der Waals surface area contributed by atoms with Crippen LogP contribution in [0.1, 0.15) is 24.2 Å². The van der Waals surface area contributed by atoms with Crippen molar-refractivity contribution >= 4 is 16.8 Å². The molecular weight excluding hydrogens is 306 g/mol. The van der Waals surface area contributed by atoms with Crippen molar-refractivity contribution in [1.29, 1.82) is 0 Å². The lowest BCUT2D eigenvalue weighted by Crippen LogP contribution is -2.34. The van der Waals surface area contributed by atoms with Gasteiger partial charge in [0.1, 0.15) is 6.61 Å². The highest BCUT2D eigenvalue weighted by Crippen LogP contribution is 2.22. The summed E-state index contributed by atoms with van der Waals surface area (Å²) in [6.45, 7) is 7.58. The Hall–Kier alpha value is -2.18. The summed E-state index contributed by atoms with van der Waals surface area (Å²) in [5.74, 6) is 0.200. The topological polar surface area (TPSA) is 74.7 Å². The van der Waals surface area contributed by atoms with Gasteiger partial charge in [-0.15, -0.1) is 0 Å². The normalized spacial score (nSPS) is 11.0. The molecule has 2 N–H and O–H groups in total. The maximum Gasteiger partial charge on any atom is 0.252 e. The molecule has 0 spiro atoms. The number of aliphatic hydroxyl groups is 1. The minimum absolute atomic E-state index is 0.0973. The summed E-state index contributed by atoms with van der Waals surface area (Å²) >= 11 is 0. The molecule has 2 rings (SSSR count). The van der Waals surface area contributed by atoms with Crippen molar-refractivity contribution in [2.45, 2.75) is 13.8 Å². The van der Waals surface area contributed by atoms with Crippen molar-refractivity contribution < 1.29 is 14.6 Å². The zero-order valence-electron chi connectivity index (χ0n) is 14.3. The van der Waals surface area contributed by atoms with Gasteiger partial charge in [0.2, 0.25) is 5.88 Å². The van der Waals surface area contributed by atoms with Crippen LogP contribution in [0.4, 0.5) is 0 Å². The van der Waals surface area contributed by atoms with Crippen molar-refractivity contribution in [2.75, 3.05) is 39.4 Å². The number of aromatic nitrogens is 1. The number of likely N-dealkylation sites (N-methyl/N-ethyl adjacent to an activating group) is 1. The molecule has 0 saturated carbocycles. The van der Waals surface area contributed by atoms with Gasteiger partial charge in [-0.25, -0.2) is 4.98 Å². The zero-order valence-corrected chi connectivity index (χ0v) is 14.3. The molecule has 0 bridgehead atoms. The standard InChI is InChI=1S/C18H25N3O3/c1-3-21(4-2)10-9-19-18(23)15-13-17(24-12-11-22)20-16-8-6-5-7-14(15)16/h5-8,13,22H,3-4,9-12H2,1-2H3,(H,19,23). The van der Waals surface area contributed by atoms with E-state index >= 15 is 0 Å². The van der Waals surface area contributed by atoms with Gasteiger partial charge in [-0.05, 0) is 19.2 Å². The third kappa shape index (κ3) is 4.66. The quantitative estimate of drug-likeness (QED) is 0.731. The Balaban J connectivity index is 2.17. The van der Waals surface area contributed by atoms with Crippen LogP contribution in [0, 0.1) is 0 Å². The Morgan fingerprint density at radius 3 is 2.75 bits per heavy atom. The molecule has 0 fully saturated rings. The van der Waals surface area contributed by atoms with Crippen LogP contribution in [0.5, 0.6) is 5.88 Å². The van der Waals surface area contributed by atoms with Crippen LogP contribution in [0.15, 0.2) is 30.3 Å².